The van der Waals surface area contributed by atoms with E-state index in [1.54, 1.807) is 16.7 Å². The molecule has 2 aromatic heterocycles. The number of aromatic nitrogens is 2. The molecule has 1 aromatic carbocycles. The predicted molar refractivity (Wildman–Crippen MR) is 180 cm³/mol. The molecule has 3 aromatic rings. The van der Waals surface area contributed by atoms with E-state index >= 15 is 0 Å². The minimum absolute atomic E-state index is 0.0783. The van der Waals surface area contributed by atoms with E-state index in [-0.39, 0.29) is 40.4 Å². The Morgan fingerprint density at radius 2 is 1.94 bits per heavy atom. The summed E-state index contributed by atoms with van der Waals surface area (Å²) in [7, 11) is -3.66. The fourth-order valence-corrected chi connectivity index (χ4v) is 10.9. The summed E-state index contributed by atoms with van der Waals surface area (Å²) in [4.78, 5) is 19.1. The van der Waals surface area contributed by atoms with Crippen molar-refractivity contribution in [1.82, 2.24) is 19.2 Å². The molecule has 0 radical (unpaired) electrons. The molecular weight excluding hydrogens is 683 g/mol. The number of hydrogen-bond donors (Lipinski definition) is 1. The number of nitrogens with two attached hydrogens (primary N) is 1. The third-order valence-corrected chi connectivity index (χ3v) is 12.8. The molecule has 0 amide bonds. The normalized spacial score (nSPS) is 26.5. The van der Waals surface area contributed by atoms with Gasteiger partial charge in [-0.1, -0.05) is 23.7 Å². The molecule has 4 aliphatic rings. The van der Waals surface area contributed by atoms with Crippen molar-refractivity contribution in [2.75, 3.05) is 12.3 Å². The SMILES string of the molecule is NC(=CC=NC(F)F)C1=C2C[C@H](CS(=O)(=O)N3C4CC[C@H]3CC(c3ccccn3)C4)CN2C(c2nccs2)=N[C@H]1c1ccc(F)cc1Cl. The van der Waals surface area contributed by atoms with Crippen molar-refractivity contribution in [3.8, 4) is 0 Å². The molecule has 9 nitrogen and oxygen atoms in total. The Kier molecular flexibility index (Phi) is 9.18. The second kappa shape index (κ2) is 13.4. The lowest BCUT2D eigenvalue weighted by Crippen LogP contribution is -2.48. The van der Waals surface area contributed by atoms with Gasteiger partial charge in [-0.3, -0.25) is 9.98 Å². The van der Waals surface area contributed by atoms with Gasteiger partial charge < -0.3 is 10.6 Å². The molecule has 0 aliphatic carbocycles. The lowest BCUT2D eigenvalue weighted by Gasteiger charge is -2.38. The summed E-state index contributed by atoms with van der Waals surface area (Å²) in [5.41, 5.74) is 9.31. The van der Waals surface area contributed by atoms with Crippen molar-refractivity contribution >= 4 is 45.0 Å². The first-order valence-electron chi connectivity index (χ1n) is 15.7. The number of amidine groups is 1. The summed E-state index contributed by atoms with van der Waals surface area (Å²) in [5, 5.41) is 2.54. The standard InChI is InChI=1S/C33H33ClF3N7O2S2/c34-25-16-21(35)4-7-24(25)30-29(26(38)8-10-41-33(36)37)28-13-19(17-43(28)31(42-30)32-40-11-12-47-32)18-48(45,46)44-22-5-6-23(44)15-20(14-22)27-3-1-2-9-39-27/h1-4,7-12,16,19-20,22-23,30,33H,5-6,13-15,17-18,38H2/t19-,20?,22-,23?,30-/m0/s1. The van der Waals surface area contributed by atoms with Crippen LogP contribution in [-0.4, -0.2) is 70.6 Å². The number of fused-ring (bicyclic) bond motifs is 3. The molecule has 0 spiro atoms. The highest BCUT2D eigenvalue weighted by atomic mass is 35.5. The summed E-state index contributed by atoms with van der Waals surface area (Å²) < 4.78 is 70.0. The molecule has 15 heteroatoms. The van der Waals surface area contributed by atoms with E-state index in [0.717, 1.165) is 37.6 Å². The van der Waals surface area contributed by atoms with Gasteiger partial charge in [0.2, 0.25) is 10.0 Å². The van der Waals surface area contributed by atoms with Gasteiger partial charge in [-0.2, -0.15) is 13.1 Å². The van der Waals surface area contributed by atoms with Crippen molar-refractivity contribution in [2.24, 2.45) is 21.6 Å². The van der Waals surface area contributed by atoms with Crippen molar-refractivity contribution in [2.45, 2.75) is 62.7 Å². The highest BCUT2D eigenvalue weighted by Crippen LogP contribution is 2.47. The minimum atomic E-state index is -3.66. The largest absolute Gasteiger partial charge is 0.398 e. The molecule has 3 fully saturated rings. The Bertz CT molecular complexity index is 1890. The smallest absolute Gasteiger partial charge is 0.331 e. The molecule has 4 aliphatic heterocycles. The number of pyridine rings is 1. The van der Waals surface area contributed by atoms with Gasteiger partial charge in [0, 0.05) is 81.8 Å². The summed E-state index contributed by atoms with van der Waals surface area (Å²) >= 11 is 7.92. The average molecular weight is 716 g/mol. The van der Waals surface area contributed by atoms with Crippen LogP contribution in [-0.2, 0) is 10.0 Å². The molecule has 3 saturated heterocycles. The van der Waals surface area contributed by atoms with Gasteiger partial charge in [0.1, 0.15) is 11.9 Å². The van der Waals surface area contributed by atoms with E-state index < -0.39 is 28.4 Å². The Labute approximate surface area is 285 Å². The highest BCUT2D eigenvalue weighted by molar-refractivity contribution is 7.89. The molecule has 48 heavy (non-hydrogen) atoms. The van der Waals surface area contributed by atoms with Crippen molar-refractivity contribution in [1.29, 1.82) is 0 Å². The maximum Gasteiger partial charge on any atom is 0.331 e. The van der Waals surface area contributed by atoms with Gasteiger partial charge in [-0.25, -0.2) is 22.8 Å². The quantitative estimate of drug-likeness (QED) is 0.206. The van der Waals surface area contributed by atoms with Gasteiger partial charge >= 0.3 is 6.55 Å². The number of aliphatic imine (C=N–C) groups is 2. The van der Waals surface area contributed by atoms with Crippen molar-refractivity contribution in [3.63, 3.8) is 0 Å². The number of hydrogen-bond acceptors (Lipinski definition) is 9. The number of halogens is 4. The third kappa shape index (κ3) is 6.42. The fraction of sp³-hybridized carbons (Fsp3) is 0.394. The van der Waals surface area contributed by atoms with Crippen LogP contribution in [0.5, 0.6) is 0 Å². The molecule has 0 saturated carbocycles. The maximum absolute atomic E-state index is 14.2. The molecule has 2 bridgehead atoms. The lowest BCUT2D eigenvalue weighted by atomic mass is 9.89. The number of piperidine rings is 1. The fourth-order valence-electron chi connectivity index (χ4n) is 7.70. The van der Waals surface area contributed by atoms with E-state index in [2.05, 4.69) is 15.0 Å². The second-order valence-corrected chi connectivity index (χ2v) is 15.7. The molecule has 7 rings (SSSR count). The third-order valence-electron chi connectivity index (χ3n) is 9.52. The first-order valence-corrected chi connectivity index (χ1v) is 18.6. The molecular formula is C33H33ClF3N7O2S2. The van der Waals surface area contributed by atoms with Gasteiger partial charge in [0.05, 0.1) is 5.75 Å². The Morgan fingerprint density at radius 3 is 2.60 bits per heavy atom. The van der Waals surface area contributed by atoms with Crippen molar-refractivity contribution in [3.05, 3.63) is 104 Å². The van der Waals surface area contributed by atoms with E-state index in [1.165, 1.54) is 35.6 Å². The number of sulfonamides is 1. The molecule has 252 valence electrons. The van der Waals surface area contributed by atoms with Gasteiger partial charge in [-0.05, 0) is 68.4 Å². The number of alkyl halides is 2. The van der Waals surface area contributed by atoms with Crippen LogP contribution >= 0.6 is 22.9 Å². The van der Waals surface area contributed by atoms with Gasteiger partial charge in [-0.15, -0.1) is 11.3 Å². The van der Waals surface area contributed by atoms with Crippen LogP contribution in [0.2, 0.25) is 5.02 Å². The van der Waals surface area contributed by atoms with E-state index in [9.17, 15) is 21.6 Å². The first kappa shape index (κ1) is 32.9. The van der Waals surface area contributed by atoms with Crippen LogP contribution < -0.4 is 5.73 Å². The highest BCUT2D eigenvalue weighted by Gasteiger charge is 2.49. The van der Waals surface area contributed by atoms with Gasteiger partial charge in [0.15, 0.2) is 10.8 Å². The molecule has 5 atom stereocenters. The second-order valence-electron chi connectivity index (χ2n) is 12.5. The molecule has 6 heterocycles. The van der Waals surface area contributed by atoms with E-state index in [4.69, 9.17) is 22.3 Å². The monoisotopic (exact) mass is 715 g/mol. The number of benzene rings is 1. The zero-order chi connectivity index (χ0) is 33.6. The zero-order valence-electron chi connectivity index (χ0n) is 25.7. The van der Waals surface area contributed by atoms with Crippen LogP contribution in [0.4, 0.5) is 13.2 Å². The van der Waals surface area contributed by atoms with E-state index in [1.807, 2.05) is 28.5 Å². The first-order chi connectivity index (χ1) is 23.1. The lowest BCUT2D eigenvalue weighted by molar-refractivity contribution is 0.161. The zero-order valence-corrected chi connectivity index (χ0v) is 28.1. The average Bonchev–Trinajstić information content (AvgIpc) is 3.79. The Morgan fingerprint density at radius 1 is 1.15 bits per heavy atom. The van der Waals surface area contributed by atoms with Crippen molar-refractivity contribution < 1.29 is 21.6 Å². The topological polar surface area (TPSA) is 117 Å². The molecule has 2 N–H and O–H groups in total. The van der Waals surface area contributed by atoms with Crippen LogP contribution in [0.1, 0.15) is 60.3 Å². The summed E-state index contributed by atoms with van der Waals surface area (Å²) in [6.45, 7) is -2.59. The number of rotatable bonds is 9. The molecule has 2 unspecified atom stereocenters. The van der Waals surface area contributed by atoms with Gasteiger partial charge in [0.25, 0.3) is 0 Å². The summed E-state index contributed by atoms with van der Waals surface area (Å²) in [5.74, 6) is -0.205. The van der Waals surface area contributed by atoms with Crippen LogP contribution in [0, 0.1) is 11.7 Å². The summed E-state index contributed by atoms with van der Waals surface area (Å²) in [6, 6.07) is 8.84. The van der Waals surface area contributed by atoms with E-state index in [0.29, 0.717) is 40.6 Å². The number of nitrogens with zero attached hydrogens (tertiary/aromatic N) is 6. The Hall–Kier alpha value is -3.59. The summed E-state index contributed by atoms with van der Waals surface area (Å²) in [6.07, 6.45) is 9.08. The maximum atomic E-state index is 14.2. The van der Waals surface area contributed by atoms with Crippen LogP contribution in [0.3, 0.4) is 0 Å². The predicted octanol–water partition coefficient (Wildman–Crippen LogP) is 6.28. The minimum Gasteiger partial charge on any atom is -0.398 e. The van der Waals surface area contributed by atoms with Crippen LogP contribution in [0.25, 0.3) is 0 Å². The number of thiazole rings is 1. The van der Waals surface area contributed by atoms with Crippen LogP contribution in [0.15, 0.2) is 87.2 Å². The number of allylic oxidation sites excluding steroid dienone is 2. The Balaban J connectivity index is 1.23.